The van der Waals surface area contributed by atoms with Gasteiger partial charge in [-0.25, -0.2) is 4.79 Å². The Bertz CT molecular complexity index is 473. The van der Waals surface area contributed by atoms with Crippen molar-refractivity contribution in [1.29, 1.82) is 0 Å². The minimum atomic E-state index is -1.12. The van der Waals surface area contributed by atoms with Crippen LogP contribution in [0.25, 0.3) is 0 Å². The number of aliphatic hydroxyl groups is 1. The van der Waals surface area contributed by atoms with E-state index in [1.807, 2.05) is 0 Å². The normalized spacial score (nSPS) is 23.9. The molecule has 0 radical (unpaired) electrons. The second-order valence-corrected chi connectivity index (χ2v) is 4.17. The van der Waals surface area contributed by atoms with Crippen molar-refractivity contribution in [2.24, 2.45) is 0 Å². The second kappa shape index (κ2) is 4.61. The highest BCUT2D eigenvalue weighted by Gasteiger charge is 2.30. The molecule has 1 aliphatic heterocycles. The zero-order chi connectivity index (χ0) is 13.3. The molecule has 98 valence electrons. The van der Waals surface area contributed by atoms with Crippen molar-refractivity contribution in [3.63, 3.8) is 0 Å². The van der Waals surface area contributed by atoms with Gasteiger partial charge in [0.2, 0.25) is 0 Å². The van der Waals surface area contributed by atoms with Gasteiger partial charge in [0.05, 0.1) is 23.6 Å². The lowest BCUT2D eigenvalue weighted by atomic mass is 10.0. The summed E-state index contributed by atoms with van der Waals surface area (Å²) in [5, 5.41) is 32.9. The van der Waals surface area contributed by atoms with Gasteiger partial charge in [-0.1, -0.05) is 0 Å². The Morgan fingerprint density at radius 2 is 2.28 bits per heavy atom. The first-order valence-corrected chi connectivity index (χ1v) is 5.32. The van der Waals surface area contributed by atoms with Gasteiger partial charge in [0.25, 0.3) is 0 Å². The van der Waals surface area contributed by atoms with Crippen LogP contribution in [0.15, 0.2) is 12.4 Å². The fourth-order valence-electron chi connectivity index (χ4n) is 2.02. The topological polar surface area (TPSA) is 122 Å². The van der Waals surface area contributed by atoms with Crippen molar-refractivity contribution in [3.05, 3.63) is 22.5 Å². The number of hydrogen-bond acceptors (Lipinski definition) is 5. The molecule has 9 heteroatoms. The largest absolute Gasteiger partial charge is 0.465 e. The summed E-state index contributed by atoms with van der Waals surface area (Å²) in [5.41, 5.74) is -0.156. The summed E-state index contributed by atoms with van der Waals surface area (Å²) in [4.78, 5) is 21.9. The third kappa shape index (κ3) is 2.40. The van der Waals surface area contributed by atoms with Crippen LogP contribution < -0.4 is 0 Å². The molecule has 1 amide bonds. The van der Waals surface area contributed by atoms with Crippen LogP contribution in [0.4, 0.5) is 10.5 Å². The molecule has 0 spiro atoms. The van der Waals surface area contributed by atoms with Crippen LogP contribution in [0.5, 0.6) is 0 Å². The fraction of sp³-hybridized carbons (Fsp3) is 0.556. The number of aromatic nitrogens is 2. The quantitative estimate of drug-likeness (QED) is 0.570. The molecule has 0 aliphatic carbocycles. The van der Waals surface area contributed by atoms with Gasteiger partial charge in [-0.2, -0.15) is 5.10 Å². The third-order valence-corrected chi connectivity index (χ3v) is 2.85. The van der Waals surface area contributed by atoms with Crippen LogP contribution in [0.2, 0.25) is 0 Å². The number of β-amino-alcohol motifs (C(OH)–C–C–N with tert-alkyl or cyclic N) is 1. The number of likely N-dealkylation sites (tertiary alicyclic amines) is 1. The molecule has 9 nitrogen and oxygen atoms in total. The van der Waals surface area contributed by atoms with E-state index in [9.17, 15) is 20.0 Å². The van der Waals surface area contributed by atoms with E-state index in [4.69, 9.17) is 5.11 Å². The average Bonchev–Trinajstić information content (AvgIpc) is 2.77. The first-order valence-electron chi connectivity index (χ1n) is 5.32. The van der Waals surface area contributed by atoms with E-state index in [1.54, 1.807) is 0 Å². The number of hydrogen-bond donors (Lipinski definition) is 2. The standard InChI is InChI=1S/C9H12N4O5/c14-8-1-6(3-11(5-8)9(15)16)12-4-7(2-10-12)13(17)18/h2,4,6,8,14H,1,3,5H2,(H,15,16). The zero-order valence-electron chi connectivity index (χ0n) is 9.34. The highest BCUT2D eigenvalue weighted by molar-refractivity contribution is 5.65. The van der Waals surface area contributed by atoms with Gasteiger partial charge >= 0.3 is 11.8 Å². The molecule has 1 fully saturated rings. The Labute approximate surface area is 101 Å². The first kappa shape index (κ1) is 12.3. The lowest BCUT2D eigenvalue weighted by Crippen LogP contribution is -2.46. The molecule has 2 N–H and O–H groups in total. The minimum absolute atomic E-state index is 0.0508. The van der Waals surface area contributed by atoms with Gasteiger partial charge in [0.15, 0.2) is 0 Å². The van der Waals surface area contributed by atoms with E-state index in [-0.39, 0.29) is 18.8 Å². The van der Waals surface area contributed by atoms with Crippen LogP contribution in [0, 0.1) is 10.1 Å². The maximum absolute atomic E-state index is 10.9. The predicted molar refractivity (Wildman–Crippen MR) is 58.1 cm³/mol. The average molecular weight is 256 g/mol. The van der Waals surface area contributed by atoms with Crippen LogP contribution >= 0.6 is 0 Å². The van der Waals surface area contributed by atoms with Crippen molar-refractivity contribution in [2.45, 2.75) is 18.6 Å². The minimum Gasteiger partial charge on any atom is -0.465 e. The van der Waals surface area contributed by atoms with Crippen LogP contribution in [-0.4, -0.2) is 55.1 Å². The van der Waals surface area contributed by atoms with Gasteiger partial charge in [0.1, 0.15) is 12.4 Å². The third-order valence-electron chi connectivity index (χ3n) is 2.85. The summed E-state index contributed by atoms with van der Waals surface area (Å²) in [6.07, 6.45) is 0.751. The predicted octanol–water partition coefficient (Wildman–Crippen LogP) is 0.0770. The highest BCUT2D eigenvalue weighted by atomic mass is 16.6. The highest BCUT2D eigenvalue weighted by Crippen LogP contribution is 2.23. The second-order valence-electron chi connectivity index (χ2n) is 4.17. The molecule has 0 bridgehead atoms. The van der Waals surface area contributed by atoms with E-state index < -0.39 is 23.2 Å². The Morgan fingerprint density at radius 3 is 2.83 bits per heavy atom. The number of aliphatic hydroxyl groups excluding tert-OH is 1. The van der Waals surface area contributed by atoms with Crippen LogP contribution in [-0.2, 0) is 0 Å². The number of carbonyl (C=O) groups is 1. The molecule has 0 aromatic carbocycles. The van der Waals surface area contributed by atoms with Crippen molar-refractivity contribution in [3.8, 4) is 0 Å². The van der Waals surface area contributed by atoms with Gasteiger partial charge in [-0.3, -0.25) is 14.8 Å². The maximum Gasteiger partial charge on any atom is 0.407 e. The lowest BCUT2D eigenvalue weighted by Gasteiger charge is -2.33. The number of rotatable bonds is 2. The van der Waals surface area contributed by atoms with Crippen LogP contribution in [0.3, 0.4) is 0 Å². The number of nitrogens with zero attached hydrogens (tertiary/aromatic N) is 4. The van der Waals surface area contributed by atoms with Crippen molar-refractivity contribution < 1.29 is 19.9 Å². The maximum atomic E-state index is 10.9. The van der Waals surface area contributed by atoms with Crippen LogP contribution in [0.1, 0.15) is 12.5 Å². The van der Waals surface area contributed by atoms with Crippen molar-refractivity contribution in [1.82, 2.24) is 14.7 Å². The van der Waals surface area contributed by atoms with Gasteiger partial charge in [-0.15, -0.1) is 0 Å². The summed E-state index contributed by atoms with van der Waals surface area (Å²) < 4.78 is 1.33. The Kier molecular flexibility index (Phi) is 3.15. The molecule has 1 aromatic rings. The van der Waals surface area contributed by atoms with Crippen molar-refractivity contribution >= 4 is 11.8 Å². The number of piperidine rings is 1. The molecular weight excluding hydrogens is 244 g/mol. The molecule has 18 heavy (non-hydrogen) atoms. The molecule has 2 rings (SSSR count). The molecule has 0 saturated carbocycles. The van der Waals surface area contributed by atoms with Crippen molar-refractivity contribution in [2.75, 3.05) is 13.1 Å². The van der Waals surface area contributed by atoms with Gasteiger partial charge < -0.3 is 15.1 Å². The molecule has 1 aliphatic rings. The number of carboxylic acid groups (broad SMARTS) is 1. The van der Waals surface area contributed by atoms with Gasteiger partial charge in [-0.05, 0) is 6.42 Å². The summed E-state index contributed by atoms with van der Waals surface area (Å²) in [5.74, 6) is 0. The van der Waals surface area contributed by atoms with E-state index >= 15 is 0 Å². The molecule has 2 heterocycles. The monoisotopic (exact) mass is 256 g/mol. The van der Waals surface area contributed by atoms with E-state index in [1.165, 1.54) is 10.9 Å². The molecule has 2 atom stereocenters. The molecule has 1 saturated heterocycles. The summed E-state index contributed by atoms with van der Waals surface area (Å²) in [6, 6.07) is -0.390. The Balaban J connectivity index is 2.16. The zero-order valence-corrected chi connectivity index (χ0v) is 9.34. The first-order chi connectivity index (χ1) is 8.47. The van der Waals surface area contributed by atoms with E-state index in [0.29, 0.717) is 6.42 Å². The Hall–Kier alpha value is -2.16. The Morgan fingerprint density at radius 1 is 1.56 bits per heavy atom. The fourth-order valence-corrected chi connectivity index (χ4v) is 2.02. The lowest BCUT2D eigenvalue weighted by molar-refractivity contribution is -0.385. The number of amides is 1. The molecule has 1 aromatic heterocycles. The smallest absolute Gasteiger partial charge is 0.407 e. The summed E-state index contributed by atoms with van der Waals surface area (Å²) in [7, 11) is 0. The van der Waals surface area contributed by atoms with E-state index in [2.05, 4.69) is 5.10 Å². The van der Waals surface area contributed by atoms with E-state index in [0.717, 1.165) is 11.1 Å². The molecular formula is C9H12N4O5. The number of nitro groups is 1. The SMILES string of the molecule is O=C(O)N1CC(O)CC(n2cc([N+](=O)[O-])cn2)C1. The summed E-state index contributed by atoms with van der Waals surface area (Å²) >= 11 is 0. The molecule has 2 unspecified atom stereocenters. The van der Waals surface area contributed by atoms with Gasteiger partial charge in [0, 0.05) is 6.54 Å². The summed E-state index contributed by atoms with van der Waals surface area (Å²) in [6.45, 7) is 0.209.